The fourth-order valence-electron chi connectivity index (χ4n) is 2.33. The third kappa shape index (κ3) is 3.18. The molecule has 5 heteroatoms. The fraction of sp³-hybridized carbons (Fsp3) is 0.0556. The van der Waals surface area contributed by atoms with Crippen molar-refractivity contribution in [3.63, 3.8) is 0 Å². The molecule has 0 bridgehead atoms. The highest BCUT2D eigenvalue weighted by molar-refractivity contribution is 5.88. The van der Waals surface area contributed by atoms with E-state index in [-0.39, 0.29) is 5.69 Å². The second-order valence-electron chi connectivity index (χ2n) is 4.95. The Morgan fingerprint density at radius 3 is 2.70 bits per heavy atom. The van der Waals surface area contributed by atoms with E-state index < -0.39 is 4.92 Å². The largest absolute Gasteiger partial charge is 0.497 e. The predicted octanol–water partition coefficient (Wildman–Crippen LogP) is 4.32. The molecular weight excluding hydrogens is 292 g/mol. The van der Waals surface area contributed by atoms with Crippen LogP contribution in [0, 0.1) is 10.1 Å². The molecule has 1 heterocycles. The highest BCUT2D eigenvalue weighted by atomic mass is 16.6. The number of aromatic nitrogens is 1. The number of fused-ring (bicyclic) bond motifs is 1. The minimum atomic E-state index is -0.393. The second kappa shape index (κ2) is 6.27. The maximum atomic E-state index is 11.0. The van der Waals surface area contributed by atoms with Crippen molar-refractivity contribution in [2.75, 3.05) is 7.11 Å². The van der Waals surface area contributed by atoms with E-state index in [1.807, 2.05) is 36.4 Å². The van der Waals surface area contributed by atoms with Gasteiger partial charge >= 0.3 is 0 Å². The molecule has 1 aromatic heterocycles. The molecule has 0 saturated heterocycles. The number of rotatable bonds is 4. The number of non-ortho nitro benzene ring substituents is 1. The summed E-state index contributed by atoms with van der Waals surface area (Å²) in [6.07, 6.45) is 3.79. The molecule has 0 radical (unpaired) electrons. The van der Waals surface area contributed by atoms with Gasteiger partial charge in [-0.2, -0.15) is 0 Å². The van der Waals surface area contributed by atoms with Gasteiger partial charge in [0, 0.05) is 6.07 Å². The lowest BCUT2D eigenvalue weighted by Crippen LogP contribution is -1.91. The van der Waals surface area contributed by atoms with Gasteiger partial charge in [-0.1, -0.05) is 24.3 Å². The Labute approximate surface area is 133 Å². The minimum absolute atomic E-state index is 0.0679. The van der Waals surface area contributed by atoms with Gasteiger partial charge in [0.2, 0.25) is 0 Å². The van der Waals surface area contributed by atoms with Crippen LogP contribution in [0.5, 0.6) is 5.75 Å². The van der Waals surface area contributed by atoms with Crippen LogP contribution in [0.25, 0.3) is 23.1 Å². The molecule has 3 aromatic rings. The van der Waals surface area contributed by atoms with E-state index in [1.54, 1.807) is 31.4 Å². The van der Waals surface area contributed by atoms with Gasteiger partial charge in [-0.05, 0) is 42.0 Å². The molecule has 0 spiro atoms. The molecule has 23 heavy (non-hydrogen) atoms. The number of pyridine rings is 1. The first-order valence-corrected chi connectivity index (χ1v) is 7.04. The number of nitrogens with zero attached hydrogens (tertiary/aromatic N) is 2. The van der Waals surface area contributed by atoms with Crippen molar-refractivity contribution >= 4 is 28.7 Å². The highest BCUT2D eigenvalue weighted by Crippen LogP contribution is 2.24. The first kappa shape index (κ1) is 14.7. The maximum Gasteiger partial charge on any atom is 0.278 e. The lowest BCUT2D eigenvalue weighted by Gasteiger charge is -2.01. The summed E-state index contributed by atoms with van der Waals surface area (Å²) >= 11 is 0. The first-order chi connectivity index (χ1) is 11.2. The first-order valence-electron chi connectivity index (χ1n) is 7.04. The third-order valence-corrected chi connectivity index (χ3v) is 3.47. The number of ether oxygens (including phenoxy) is 1. The molecule has 5 nitrogen and oxygen atoms in total. The Bertz CT molecular complexity index is 904. The maximum absolute atomic E-state index is 11.0. The summed E-state index contributed by atoms with van der Waals surface area (Å²) in [6.45, 7) is 0. The fourth-order valence-corrected chi connectivity index (χ4v) is 2.33. The van der Waals surface area contributed by atoms with Gasteiger partial charge in [0.05, 0.1) is 28.6 Å². The number of benzene rings is 2. The van der Waals surface area contributed by atoms with Crippen LogP contribution in [0.15, 0.2) is 54.6 Å². The van der Waals surface area contributed by atoms with Crippen LogP contribution in [0.3, 0.4) is 0 Å². The average Bonchev–Trinajstić information content (AvgIpc) is 2.59. The zero-order valence-corrected chi connectivity index (χ0v) is 12.5. The molecule has 0 amide bonds. The molecule has 3 rings (SSSR count). The monoisotopic (exact) mass is 306 g/mol. The molecule has 0 fully saturated rings. The third-order valence-electron chi connectivity index (χ3n) is 3.47. The Kier molecular flexibility index (Phi) is 4.01. The molecule has 0 aliphatic heterocycles. The molecule has 0 atom stereocenters. The van der Waals surface area contributed by atoms with Crippen molar-refractivity contribution in [1.82, 2.24) is 4.98 Å². The summed E-state index contributed by atoms with van der Waals surface area (Å²) in [7, 11) is 1.63. The van der Waals surface area contributed by atoms with Crippen LogP contribution < -0.4 is 4.74 Å². The van der Waals surface area contributed by atoms with E-state index >= 15 is 0 Å². The number of nitro groups is 1. The van der Waals surface area contributed by atoms with Crippen molar-refractivity contribution < 1.29 is 9.66 Å². The molecule has 0 saturated carbocycles. The zero-order chi connectivity index (χ0) is 16.2. The van der Waals surface area contributed by atoms with Crippen molar-refractivity contribution in [3.05, 3.63) is 76.0 Å². The van der Waals surface area contributed by atoms with E-state index in [0.29, 0.717) is 10.9 Å². The van der Waals surface area contributed by atoms with Crippen LogP contribution >= 0.6 is 0 Å². The minimum Gasteiger partial charge on any atom is -0.497 e. The standard InChI is InChI=1S/C18H14N2O3/c1-23-15-5-2-4-13(12-15)8-9-14-10-11-16-17(19-14)6-3-7-18(16)20(21)22/h2-12H,1H3/b9-8+. The second-order valence-corrected chi connectivity index (χ2v) is 4.95. The van der Waals surface area contributed by atoms with E-state index in [9.17, 15) is 10.1 Å². The van der Waals surface area contributed by atoms with Crippen molar-refractivity contribution in [2.24, 2.45) is 0 Å². The number of methoxy groups -OCH3 is 1. The Morgan fingerprint density at radius 2 is 1.91 bits per heavy atom. The van der Waals surface area contributed by atoms with Gasteiger partial charge in [0.1, 0.15) is 5.75 Å². The molecule has 0 aliphatic carbocycles. The SMILES string of the molecule is COc1cccc(/C=C/c2ccc3c([N+](=O)[O-])cccc3n2)c1. The van der Waals surface area contributed by atoms with Crippen LogP contribution in [-0.2, 0) is 0 Å². The summed E-state index contributed by atoms with van der Waals surface area (Å²) in [6, 6.07) is 16.1. The van der Waals surface area contributed by atoms with Crippen molar-refractivity contribution in [1.29, 1.82) is 0 Å². The summed E-state index contributed by atoms with van der Waals surface area (Å²) in [5.41, 5.74) is 2.40. The zero-order valence-electron chi connectivity index (χ0n) is 12.5. The molecule has 0 aliphatic rings. The molecule has 2 aromatic carbocycles. The quantitative estimate of drug-likeness (QED) is 0.532. The highest BCUT2D eigenvalue weighted by Gasteiger charge is 2.11. The van der Waals surface area contributed by atoms with Gasteiger partial charge in [-0.3, -0.25) is 10.1 Å². The Balaban J connectivity index is 1.94. The topological polar surface area (TPSA) is 65.3 Å². The number of hydrogen-bond acceptors (Lipinski definition) is 4. The number of hydrogen-bond donors (Lipinski definition) is 0. The molecule has 114 valence electrons. The summed E-state index contributed by atoms with van der Waals surface area (Å²) < 4.78 is 5.19. The summed E-state index contributed by atoms with van der Waals surface area (Å²) in [5.74, 6) is 0.786. The predicted molar refractivity (Wildman–Crippen MR) is 90.3 cm³/mol. The van der Waals surface area contributed by atoms with Gasteiger partial charge in [0.15, 0.2) is 0 Å². The van der Waals surface area contributed by atoms with E-state index in [4.69, 9.17) is 4.74 Å². The molecular formula is C18H14N2O3. The Morgan fingerprint density at radius 1 is 1.09 bits per heavy atom. The van der Waals surface area contributed by atoms with Crippen LogP contribution in [0.1, 0.15) is 11.3 Å². The summed E-state index contributed by atoms with van der Waals surface area (Å²) in [4.78, 5) is 15.1. The van der Waals surface area contributed by atoms with Crippen LogP contribution in [-0.4, -0.2) is 17.0 Å². The molecule has 0 unspecified atom stereocenters. The number of nitro benzene ring substituents is 1. The van der Waals surface area contributed by atoms with E-state index in [2.05, 4.69) is 4.98 Å². The van der Waals surface area contributed by atoms with Crippen LogP contribution in [0.2, 0.25) is 0 Å². The van der Waals surface area contributed by atoms with E-state index in [1.165, 1.54) is 6.07 Å². The average molecular weight is 306 g/mol. The van der Waals surface area contributed by atoms with Gasteiger partial charge in [-0.25, -0.2) is 4.98 Å². The molecule has 0 N–H and O–H groups in total. The lowest BCUT2D eigenvalue weighted by atomic mass is 10.1. The van der Waals surface area contributed by atoms with E-state index in [0.717, 1.165) is 17.0 Å². The van der Waals surface area contributed by atoms with Crippen molar-refractivity contribution in [2.45, 2.75) is 0 Å². The van der Waals surface area contributed by atoms with Crippen molar-refractivity contribution in [3.8, 4) is 5.75 Å². The van der Waals surface area contributed by atoms with Crippen LogP contribution in [0.4, 0.5) is 5.69 Å². The summed E-state index contributed by atoms with van der Waals surface area (Å²) in [5, 5.41) is 11.6. The van der Waals surface area contributed by atoms with Gasteiger partial charge < -0.3 is 4.74 Å². The Hall–Kier alpha value is -3.21. The smallest absolute Gasteiger partial charge is 0.278 e. The van der Waals surface area contributed by atoms with Gasteiger partial charge in [-0.15, -0.1) is 0 Å². The lowest BCUT2D eigenvalue weighted by molar-refractivity contribution is -0.383. The van der Waals surface area contributed by atoms with Gasteiger partial charge in [0.25, 0.3) is 5.69 Å². The normalized spacial score (nSPS) is 11.0.